The Hall–Kier alpha value is -2.06. The lowest BCUT2D eigenvalue weighted by Crippen LogP contribution is -2.35. The van der Waals surface area contributed by atoms with Crippen LogP contribution in [0.5, 0.6) is 0 Å². The summed E-state index contributed by atoms with van der Waals surface area (Å²) in [5, 5.41) is 19.2. The van der Waals surface area contributed by atoms with Crippen molar-refractivity contribution in [1.82, 2.24) is 0 Å². The third kappa shape index (κ3) is 1.21. The Balaban J connectivity index is 2.24. The highest BCUT2D eigenvalue weighted by molar-refractivity contribution is 5.52. The normalized spacial score (nSPS) is 27.4. The second-order valence-corrected chi connectivity index (χ2v) is 5.32. The molecular formula is C16H14N2. The maximum atomic E-state index is 9.58. The van der Waals surface area contributed by atoms with Crippen molar-refractivity contribution in [3.05, 3.63) is 47.0 Å². The first kappa shape index (κ1) is 11.1. The molecule has 0 bridgehead atoms. The molecule has 3 rings (SSSR count). The molecule has 0 fully saturated rings. The number of nitrogens with zero attached hydrogens (tertiary/aromatic N) is 2. The fourth-order valence-corrected chi connectivity index (χ4v) is 3.40. The third-order valence-electron chi connectivity index (χ3n) is 4.47. The molecule has 2 atom stereocenters. The molecule has 1 unspecified atom stereocenters. The van der Waals surface area contributed by atoms with Crippen molar-refractivity contribution in [1.29, 1.82) is 10.5 Å². The zero-order valence-corrected chi connectivity index (χ0v) is 10.4. The quantitative estimate of drug-likeness (QED) is 0.646. The van der Waals surface area contributed by atoms with Gasteiger partial charge in [-0.3, -0.25) is 0 Å². The van der Waals surface area contributed by atoms with E-state index in [1.54, 1.807) is 0 Å². The van der Waals surface area contributed by atoms with Gasteiger partial charge in [-0.15, -0.1) is 0 Å². The van der Waals surface area contributed by atoms with Gasteiger partial charge in [0, 0.05) is 5.92 Å². The van der Waals surface area contributed by atoms with Gasteiger partial charge < -0.3 is 0 Å². The Morgan fingerprint density at radius 3 is 2.67 bits per heavy atom. The standard InChI is InChI=1S/C16H14N2/c1-11-6-7-13-8-12-4-2-3-5-14(12)15(13)16(11,9-17)10-18/h2-5,7,11,15H,6,8H2,1H3/t11?,15-/m0/s1. The first-order valence-corrected chi connectivity index (χ1v) is 6.32. The lowest BCUT2D eigenvalue weighted by atomic mass is 9.62. The zero-order valence-electron chi connectivity index (χ0n) is 10.4. The van der Waals surface area contributed by atoms with E-state index in [9.17, 15) is 10.5 Å². The summed E-state index contributed by atoms with van der Waals surface area (Å²) in [6.45, 7) is 2.01. The van der Waals surface area contributed by atoms with E-state index < -0.39 is 5.41 Å². The molecule has 0 spiro atoms. The predicted molar refractivity (Wildman–Crippen MR) is 68.4 cm³/mol. The first-order valence-electron chi connectivity index (χ1n) is 6.32. The van der Waals surface area contributed by atoms with Crippen molar-refractivity contribution in [2.45, 2.75) is 25.7 Å². The molecule has 0 N–H and O–H groups in total. The molecule has 88 valence electrons. The van der Waals surface area contributed by atoms with Gasteiger partial charge in [-0.25, -0.2) is 0 Å². The van der Waals surface area contributed by atoms with E-state index in [1.807, 2.05) is 19.1 Å². The van der Waals surface area contributed by atoms with Gasteiger partial charge in [0.15, 0.2) is 5.41 Å². The molecular weight excluding hydrogens is 220 g/mol. The molecule has 18 heavy (non-hydrogen) atoms. The van der Waals surface area contributed by atoms with E-state index >= 15 is 0 Å². The van der Waals surface area contributed by atoms with Crippen LogP contribution >= 0.6 is 0 Å². The number of benzene rings is 1. The molecule has 0 radical (unpaired) electrons. The van der Waals surface area contributed by atoms with Crippen LogP contribution in [-0.2, 0) is 6.42 Å². The average molecular weight is 234 g/mol. The highest BCUT2D eigenvalue weighted by Gasteiger charge is 2.51. The lowest BCUT2D eigenvalue weighted by molar-refractivity contribution is 0.291. The van der Waals surface area contributed by atoms with Crippen LogP contribution in [-0.4, -0.2) is 0 Å². The van der Waals surface area contributed by atoms with Gasteiger partial charge in [0.2, 0.25) is 0 Å². The van der Waals surface area contributed by atoms with Crippen LogP contribution in [0.1, 0.15) is 30.4 Å². The average Bonchev–Trinajstić information content (AvgIpc) is 2.79. The van der Waals surface area contributed by atoms with Crippen molar-refractivity contribution >= 4 is 0 Å². The van der Waals surface area contributed by atoms with Crippen LogP contribution in [0.15, 0.2) is 35.9 Å². The molecule has 0 amide bonds. The van der Waals surface area contributed by atoms with E-state index in [2.05, 4.69) is 30.3 Å². The van der Waals surface area contributed by atoms with Crippen molar-refractivity contribution < 1.29 is 0 Å². The minimum absolute atomic E-state index is 0.0209. The summed E-state index contributed by atoms with van der Waals surface area (Å²) < 4.78 is 0. The van der Waals surface area contributed by atoms with E-state index in [4.69, 9.17) is 0 Å². The summed E-state index contributed by atoms with van der Waals surface area (Å²) in [6, 6.07) is 12.9. The summed E-state index contributed by atoms with van der Waals surface area (Å²) in [5.41, 5.74) is 2.82. The maximum absolute atomic E-state index is 9.58. The second-order valence-electron chi connectivity index (χ2n) is 5.32. The number of hydrogen-bond acceptors (Lipinski definition) is 2. The zero-order chi connectivity index (χ0) is 12.8. The molecule has 0 aliphatic heterocycles. The Labute approximate surface area is 107 Å². The van der Waals surface area contributed by atoms with Gasteiger partial charge in [-0.1, -0.05) is 42.8 Å². The van der Waals surface area contributed by atoms with Gasteiger partial charge in [0.1, 0.15) is 0 Å². The fraction of sp³-hybridized carbons (Fsp3) is 0.375. The number of rotatable bonds is 0. The largest absolute Gasteiger partial charge is 0.197 e. The van der Waals surface area contributed by atoms with Crippen LogP contribution < -0.4 is 0 Å². The van der Waals surface area contributed by atoms with Gasteiger partial charge in [-0.05, 0) is 29.9 Å². The van der Waals surface area contributed by atoms with E-state index in [-0.39, 0.29) is 11.8 Å². The summed E-state index contributed by atoms with van der Waals surface area (Å²) in [6.07, 6.45) is 3.97. The molecule has 2 aliphatic rings. The van der Waals surface area contributed by atoms with Crippen LogP contribution in [0.4, 0.5) is 0 Å². The Bertz CT molecular complexity index is 599. The van der Waals surface area contributed by atoms with E-state index in [0.29, 0.717) is 0 Å². The number of fused-ring (bicyclic) bond motifs is 3. The monoisotopic (exact) mass is 234 g/mol. The molecule has 0 aromatic heterocycles. The Morgan fingerprint density at radius 1 is 1.22 bits per heavy atom. The summed E-state index contributed by atoms with van der Waals surface area (Å²) >= 11 is 0. The number of hydrogen-bond donors (Lipinski definition) is 0. The van der Waals surface area contributed by atoms with Gasteiger partial charge in [0.05, 0.1) is 12.1 Å². The molecule has 1 aromatic carbocycles. The van der Waals surface area contributed by atoms with Gasteiger partial charge in [-0.2, -0.15) is 10.5 Å². The highest BCUT2D eigenvalue weighted by atomic mass is 14.5. The van der Waals surface area contributed by atoms with Crippen molar-refractivity contribution in [2.75, 3.05) is 0 Å². The lowest BCUT2D eigenvalue weighted by Gasteiger charge is -2.36. The summed E-state index contributed by atoms with van der Waals surface area (Å²) in [4.78, 5) is 0. The van der Waals surface area contributed by atoms with Crippen LogP contribution in [0.25, 0.3) is 0 Å². The number of allylic oxidation sites excluding steroid dienone is 2. The van der Waals surface area contributed by atoms with E-state index in [0.717, 1.165) is 12.8 Å². The molecule has 2 aliphatic carbocycles. The molecule has 0 heterocycles. The molecule has 0 saturated heterocycles. The van der Waals surface area contributed by atoms with Crippen LogP contribution in [0.2, 0.25) is 0 Å². The SMILES string of the molecule is CC1CC=C2Cc3ccccc3[C@H]2C1(C#N)C#N. The van der Waals surface area contributed by atoms with Crippen LogP contribution in [0.3, 0.4) is 0 Å². The topological polar surface area (TPSA) is 47.6 Å². The highest BCUT2D eigenvalue weighted by Crippen LogP contribution is 2.55. The minimum atomic E-state index is -0.892. The maximum Gasteiger partial charge on any atom is 0.157 e. The molecule has 0 saturated carbocycles. The van der Waals surface area contributed by atoms with Crippen molar-refractivity contribution in [2.24, 2.45) is 11.3 Å². The van der Waals surface area contributed by atoms with E-state index in [1.165, 1.54) is 16.7 Å². The van der Waals surface area contributed by atoms with Gasteiger partial charge >= 0.3 is 0 Å². The first-order chi connectivity index (χ1) is 8.73. The molecule has 2 nitrogen and oxygen atoms in total. The third-order valence-corrected chi connectivity index (χ3v) is 4.47. The Morgan fingerprint density at radius 2 is 1.94 bits per heavy atom. The smallest absolute Gasteiger partial charge is 0.157 e. The second kappa shape index (κ2) is 3.72. The molecule has 1 aromatic rings. The van der Waals surface area contributed by atoms with Crippen LogP contribution in [0, 0.1) is 34.0 Å². The van der Waals surface area contributed by atoms with Crippen molar-refractivity contribution in [3.8, 4) is 12.1 Å². The predicted octanol–water partition coefficient (Wildman–Crippen LogP) is 3.33. The summed E-state index contributed by atoms with van der Waals surface area (Å²) in [5.74, 6) is 0.0693. The Kier molecular flexibility index (Phi) is 2.28. The molecule has 2 heteroatoms. The number of nitriles is 2. The van der Waals surface area contributed by atoms with Crippen molar-refractivity contribution in [3.63, 3.8) is 0 Å². The summed E-state index contributed by atoms with van der Waals surface area (Å²) in [7, 11) is 0. The van der Waals surface area contributed by atoms with Gasteiger partial charge in [0.25, 0.3) is 0 Å². The minimum Gasteiger partial charge on any atom is -0.197 e. The fourth-order valence-electron chi connectivity index (χ4n) is 3.40.